The van der Waals surface area contributed by atoms with Crippen LogP contribution in [0.5, 0.6) is 0 Å². The van der Waals surface area contributed by atoms with E-state index in [1.807, 2.05) is 0 Å². The summed E-state index contributed by atoms with van der Waals surface area (Å²) in [5.41, 5.74) is 1.26. The van der Waals surface area contributed by atoms with Gasteiger partial charge in [-0.15, -0.1) is 0 Å². The fourth-order valence-electron chi connectivity index (χ4n) is 3.54. The Balaban J connectivity index is 2.19. The van der Waals surface area contributed by atoms with Crippen LogP contribution in [0.1, 0.15) is 41.1 Å². The molecule has 3 rings (SSSR count). The number of esters is 1. The van der Waals surface area contributed by atoms with Gasteiger partial charge in [-0.2, -0.15) is 10.6 Å². The molecule has 9 heteroatoms. The van der Waals surface area contributed by atoms with Gasteiger partial charge in [0.2, 0.25) is 0 Å². The van der Waals surface area contributed by atoms with Gasteiger partial charge in [-0.05, 0) is 42.9 Å². The topological polar surface area (TPSA) is 109 Å². The Kier molecular flexibility index (Phi) is 5.34. The number of hydrogen-bond acceptors (Lipinski definition) is 5. The third kappa shape index (κ3) is 3.62. The van der Waals surface area contributed by atoms with Gasteiger partial charge in [0.15, 0.2) is 0 Å². The van der Waals surface area contributed by atoms with E-state index in [-0.39, 0.29) is 11.5 Å². The summed E-state index contributed by atoms with van der Waals surface area (Å²) >= 11 is 3.38. The van der Waals surface area contributed by atoms with Crippen LogP contribution in [0.25, 0.3) is 10.9 Å². The Morgan fingerprint density at radius 2 is 2.00 bits per heavy atom. The van der Waals surface area contributed by atoms with Gasteiger partial charge in [0.1, 0.15) is 0 Å². The smallest absolute Gasteiger partial charge is 0.416 e. The molecule has 0 amide bonds. The summed E-state index contributed by atoms with van der Waals surface area (Å²) in [5, 5.41) is 10.3. The zero-order valence-electron chi connectivity index (χ0n) is 14.1. The fraction of sp³-hybridized carbons (Fsp3) is 0.412. The monoisotopic (exact) mass is 445 g/mol. The Morgan fingerprint density at radius 3 is 2.65 bits per heavy atom. The van der Waals surface area contributed by atoms with E-state index in [9.17, 15) is 23.8 Å². The van der Waals surface area contributed by atoms with Gasteiger partial charge in [-0.3, -0.25) is 13.7 Å². The molecule has 1 aliphatic heterocycles. The number of hydrogen-bond donors (Lipinski definition) is 3. The van der Waals surface area contributed by atoms with Crippen molar-refractivity contribution in [1.82, 2.24) is 4.57 Å². The second-order valence-electron chi connectivity index (χ2n) is 6.42. The summed E-state index contributed by atoms with van der Waals surface area (Å²) in [6, 6.07) is 3.33. The number of carboxylic acid groups (broad SMARTS) is 1. The fourth-order valence-corrected chi connectivity index (χ4v) is 5.50. The zero-order chi connectivity index (χ0) is 19.1. The zero-order valence-corrected chi connectivity index (χ0v) is 16.5. The summed E-state index contributed by atoms with van der Waals surface area (Å²) in [5.74, 6) is 0.0537. The van der Waals surface area contributed by atoms with Crippen LogP contribution >= 0.6 is 26.5 Å². The van der Waals surface area contributed by atoms with Crippen molar-refractivity contribution in [1.29, 1.82) is 0 Å². The van der Waals surface area contributed by atoms with E-state index >= 15 is 0 Å². The number of carbonyl (C=O) groups excluding carboxylic acids is 1. The normalized spacial score (nSPS) is 21.2. The van der Waals surface area contributed by atoms with Crippen LogP contribution in [-0.2, 0) is 4.74 Å². The van der Waals surface area contributed by atoms with E-state index in [2.05, 4.69) is 15.9 Å². The average Bonchev–Trinajstić information content (AvgIpc) is 2.86. The average molecular weight is 446 g/mol. The number of nitrogens with zero attached hydrogens (tertiary/aromatic N) is 1. The second-order valence-corrected chi connectivity index (χ2v) is 9.75. The maximum Gasteiger partial charge on any atom is 0.416 e. The summed E-state index contributed by atoms with van der Waals surface area (Å²) < 4.78 is 26.5. The molecular weight excluding hydrogens is 426 g/mol. The van der Waals surface area contributed by atoms with Crippen molar-refractivity contribution < 1.29 is 28.5 Å². The molecule has 1 atom stereocenters. The van der Waals surface area contributed by atoms with Gasteiger partial charge in [-0.1, -0.05) is 15.9 Å². The van der Waals surface area contributed by atoms with Crippen molar-refractivity contribution in [3.63, 3.8) is 0 Å². The van der Waals surface area contributed by atoms with Gasteiger partial charge in [0.05, 0.1) is 18.2 Å². The molecule has 26 heavy (non-hydrogen) atoms. The minimum atomic E-state index is -2.56. The van der Waals surface area contributed by atoms with Gasteiger partial charge < -0.3 is 9.84 Å². The highest BCUT2D eigenvalue weighted by molar-refractivity contribution is 9.10. The Morgan fingerprint density at radius 1 is 1.27 bits per heavy atom. The predicted octanol–water partition coefficient (Wildman–Crippen LogP) is 4.73. The van der Waals surface area contributed by atoms with Crippen molar-refractivity contribution in [2.75, 3.05) is 18.6 Å². The van der Waals surface area contributed by atoms with Crippen LogP contribution in [-0.4, -0.2) is 49.5 Å². The van der Waals surface area contributed by atoms with Crippen LogP contribution in [0.3, 0.4) is 0 Å². The lowest BCUT2D eigenvalue weighted by molar-refractivity contribution is 0.0602. The number of fused-ring (bicyclic) bond motifs is 1. The molecule has 1 unspecified atom stereocenters. The molecule has 1 aliphatic rings. The van der Waals surface area contributed by atoms with Crippen molar-refractivity contribution in [2.45, 2.75) is 25.2 Å². The molecule has 3 N–H and O–H groups in total. The molecule has 2 heterocycles. The SMILES string of the molecule is COC(=O)c1cc(Br)cc2c(C3CCCS(O)(O)CC3)cn(C(=O)O)c12. The van der Waals surface area contributed by atoms with Crippen molar-refractivity contribution in [2.24, 2.45) is 0 Å². The number of carbonyl (C=O) groups is 2. The van der Waals surface area contributed by atoms with Crippen molar-refractivity contribution >= 4 is 49.5 Å². The molecule has 0 spiro atoms. The third-order valence-corrected chi connectivity index (χ3v) is 7.05. The van der Waals surface area contributed by atoms with Crippen LogP contribution in [0.15, 0.2) is 22.8 Å². The minimum absolute atomic E-state index is 0.00780. The van der Waals surface area contributed by atoms with Crippen LogP contribution in [0, 0.1) is 0 Å². The molecule has 0 saturated carbocycles. The largest absolute Gasteiger partial charge is 0.465 e. The number of ether oxygens (including phenoxy) is 1. The lowest BCUT2D eigenvalue weighted by atomic mass is 9.91. The summed E-state index contributed by atoms with van der Waals surface area (Å²) in [7, 11) is -1.31. The molecule has 1 fully saturated rings. The highest BCUT2D eigenvalue weighted by Crippen LogP contribution is 2.47. The maximum absolute atomic E-state index is 12.2. The number of aromatic nitrogens is 1. The summed E-state index contributed by atoms with van der Waals surface area (Å²) in [4.78, 5) is 23.9. The molecule has 2 aromatic rings. The standard InChI is InChI=1S/C17H20BrNO6S/c1-25-16(20)13-8-11(18)7-12-14(9-19(15(12)13)17(21)22)10-3-2-5-26(23,24)6-4-10/h7-10,23-24H,2-6H2,1H3,(H,21,22). The Labute approximate surface area is 160 Å². The molecule has 142 valence electrons. The van der Waals surface area contributed by atoms with E-state index in [4.69, 9.17) is 4.74 Å². The first-order valence-corrected chi connectivity index (χ1v) is 10.8. The van der Waals surface area contributed by atoms with Crippen molar-refractivity contribution in [3.8, 4) is 0 Å². The third-order valence-electron chi connectivity index (χ3n) is 4.76. The van der Waals surface area contributed by atoms with Gasteiger partial charge in [-0.25, -0.2) is 9.59 Å². The quantitative estimate of drug-likeness (QED) is 0.576. The number of halogens is 1. The van der Waals surface area contributed by atoms with E-state index in [1.54, 1.807) is 12.1 Å². The number of methoxy groups -OCH3 is 1. The van der Waals surface area contributed by atoms with Crippen LogP contribution < -0.4 is 0 Å². The first-order chi connectivity index (χ1) is 12.2. The van der Waals surface area contributed by atoms with Gasteiger partial charge >= 0.3 is 12.1 Å². The first-order valence-electron chi connectivity index (χ1n) is 8.13. The number of rotatable bonds is 2. The molecule has 1 aromatic heterocycles. The Hall–Kier alpha value is -1.55. The summed E-state index contributed by atoms with van der Waals surface area (Å²) in [6.07, 6.45) is 2.29. The molecule has 1 saturated heterocycles. The molecular formula is C17H20BrNO6S. The van der Waals surface area contributed by atoms with E-state index in [0.717, 1.165) is 16.6 Å². The highest BCUT2D eigenvalue weighted by atomic mass is 79.9. The molecule has 7 nitrogen and oxygen atoms in total. The molecule has 1 aromatic carbocycles. The van der Waals surface area contributed by atoms with Gasteiger partial charge in [0.25, 0.3) is 0 Å². The summed E-state index contributed by atoms with van der Waals surface area (Å²) in [6.45, 7) is 0. The number of benzene rings is 1. The first kappa shape index (κ1) is 19.2. The second kappa shape index (κ2) is 7.22. The Bertz CT molecular complexity index is 878. The minimum Gasteiger partial charge on any atom is -0.465 e. The van der Waals surface area contributed by atoms with Crippen molar-refractivity contribution in [3.05, 3.63) is 33.9 Å². The highest BCUT2D eigenvalue weighted by Gasteiger charge is 2.28. The van der Waals surface area contributed by atoms with E-state index in [0.29, 0.717) is 39.7 Å². The molecule has 0 aliphatic carbocycles. The molecule has 0 bridgehead atoms. The van der Waals surface area contributed by atoms with E-state index < -0.39 is 22.7 Å². The predicted molar refractivity (Wildman–Crippen MR) is 104 cm³/mol. The van der Waals surface area contributed by atoms with Crippen LogP contribution in [0.4, 0.5) is 4.79 Å². The lowest BCUT2D eigenvalue weighted by Crippen LogP contribution is -2.10. The lowest BCUT2D eigenvalue weighted by Gasteiger charge is -2.30. The van der Waals surface area contributed by atoms with Gasteiger partial charge in [0, 0.05) is 27.6 Å². The molecule has 0 radical (unpaired) electrons. The maximum atomic E-state index is 12.2. The van der Waals surface area contributed by atoms with E-state index in [1.165, 1.54) is 13.3 Å². The van der Waals surface area contributed by atoms with Crippen LogP contribution in [0.2, 0.25) is 0 Å².